The maximum Gasteiger partial charge on any atom is 0.284 e. The lowest BCUT2D eigenvalue weighted by Crippen LogP contribution is -2.29. The second kappa shape index (κ2) is 4.29. The molecule has 5 nitrogen and oxygen atoms in total. The van der Waals surface area contributed by atoms with E-state index >= 15 is 0 Å². The van der Waals surface area contributed by atoms with E-state index in [9.17, 15) is 9.59 Å². The number of nitrogens with zero attached hydrogens (tertiary/aromatic N) is 2. The highest BCUT2D eigenvalue weighted by atomic mass is 16.2. The molecule has 19 heavy (non-hydrogen) atoms. The van der Waals surface area contributed by atoms with Gasteiger partial charge in [0.15, 0.2) is 0 Å². The van der Waals surface area contributed by atoms with Crippen LogP contribution in [0.25, 0.3) is 0 Å². The molecular weight excluding hydrogens is 242 g/mol. The maximum absolute atomic E-state index is 12.2. The molecule has 2 heterocycles. The van der Waals surface area contributed by atoms with Crippen LogP contribution in [0.2, 0.25) is 0 Å². The molecule has 3 rings (SSSR count). The number of fused-ring (bicyclic) bond motifs is 1. The first-order valence-electron chi connectivity index (χ1n) is 5.85. The fraction of sp³-hybridized carbons (Fsp3) is 0.0714. The van der Waals surface area contributed by atoms with E-state index < -0.39 is 5.91 Å². The molecule has 0 saturated carbocycles. The van der Waals surface area contributed by atoms with E-state index in [-0.39, 0.29) is 11.6 Å². The number of rotatable bonds is 2. The fourth-order valence-electron chi connectivity index (χ4n) is 2.12. The van der Waals surface area contributed by atoms with Gasteiger partial charge < -0.3 is 5.73 Å². The average Bonchev–Trinajstić information content (AvgIpc) is 2.72. The van der Waals surface area contributed by atoms with Crippen molar-refractivity contribution in [1.82, 2.24) is 4.98 Å². The van der Waals surface area contributed by atoms with Gasteiger partial charge in [-0.1, -0.05) is 12.1 Å². The van der Waals surface area contributed by atoms with Crippen LogP contribution in [0, 0.1) is 0 Å². The summed E-state index contributed by atoms with van der Waals surface area (Å²) in [5.41, 5.74) is 7.50. The molecule has 0 spiro atoms. The van der Waals surface area contributed by atoms with Crippen molar-refractivity contribution in [1.29, 1.82) is 0 Å². The highest BCUT2D eigenvalue weighted by Crippen LogP contribution is 2.27. The van der Waals surface area contributed by atoms with Crippen LogP contribution >= 0.6 is 0 Å². The summed E-state index contributed by atoms with van der Waals surface area (Å²) < 4.78 is 0. The third-order valence-electron chi connectivity index (χ3n) is 3.05. The number of hydrogen-bond donors (Lipinski definition) is 1. The number of amides is 2. The van der Waals surface area contributed by atoms with Crippen molar-refractivity contribution in [3.63, 3.8) is 0 Å². The molecule has 0 unspecified atom stereocenters. The predicted molar refractivity (Wildman–Crippen MR) is 69.7 cm³/mol. The number of nitrogens with two attached hydrogens (primary N) is 1. The Morgan fingerprint density at radius 3 is 2.68 bits per heavy atom. The van der Waals surface area contributed by atoms with E-state index in [1.165, 1.54) is 6.20 Å². The van der Waals surface area contributed by atoms with Gasteiger partial charge >= 0.3 is 0 Å². The minimum atomic E-state index is -0.394. The van der Waals surface area contributed by atoms with Crippen LogP contribution in [0.15, 0.2) is 42.6 Å². The highest BCUT2D eigenvalue weighted by Gasteiger charge is 2.37. The lowest BCUT2D eigenvalue weighted by molar-refractivity contribution is 0.0924. The van der Waals surface area contributed by atoms with Gasteiger partial charge in [0.05, 0.1) is 11.3 Å². The van der Waals surface area contributed by atoms with Gasteiger partial charge in [0.2, 0.25) is 0 Å². The van der Waals surface area contributed by atoms with Gasteiger partial charge in [-0.25, -0.2) is 4.90 Å². The second-order valence-electron chi connectivity index (χ2n) is 4.22. The number of hydrogen-bond acceptors (Lipinski definition) is 4. The molecule has 5 heteroatoms. The van der Waals surface area contributed by atoms with Gasteiger partial charge in [-0.3, -0.25) is 14.6 Å². The lowest BCUT2D eigenvalue weighted by atomic mass is 10.2. The zero-order chi connectivity index (χ0) is 13.4. The molecule has 0 saturated heterocycles. The number of aromatic nitrogens is 1. The standard InChI is InChI=1S/C14H11N3O2/c15-8-9-3-1-4-10(7-9)17-13(18)11-5-2-6-16-12(11)14(17)19/h1-7H,8,15H2. The molecule has 0 fully saturated rings. The maximum atomic E-state index is 12.2. The summed E-state index contributed by atoms with van der Waals surface area (Å²) in [4.78, 5) is 29.6. The van der Waals surface area contributed by atoms with Gasteiger partial charge in [-0.15, -0.1) is 0 Å². The van der Waals surface area contributed by atoms with Gasteiger partial charge in [-0.2, -0.15) is 0 Å². The Morgan fingerprint density at radius 1 is 1.11 bits per heavy atom. The third-order valence-corrected chi connectivity index (χ3v) is 3.05. The Kier molecular flexibility index (Phi) is 2.61. The average molecular weight is 253 g/mol. The van der Waals surface area contributed by atoms with Crippen LogP contribution in [-0.2, 0) is 6.54 Å². The molecule has 0 aliphatic carbocycles. The normalized spacial score (nSPS) is 13.8. The molecule has 1 aromatic carbocycles. The van der Waals surface area contributed by atoms with Gasteiger partial charge in [-0.05, 0) is 29.8 Å². The van der Waals surface area contributed by atoms with Crippen molar-refractivity contribution in [2.45, 2.75) is 6.54 Å². The number of imide groups is 1. The van der Waals surface area contributed by atoms with Gasteiger partial charge in [0.25, 0.3) is 11.8 Å². The molecule has 2 aromatic rings. The largest absolute Gasteiger partial charge is 0.326 e. The molecule has 0 bridgehead atoms. The Labute approximate surface area is 109 Å². The topological polar surface area (TPSA) is 76.3 Å². The first-order valence-corrected chi connectivity index (χ1v) is 5.85. The lowest BCUT2D eigenvalue weighted by Gasteiger charge is -2.14. The number of anilines is 1. The quantitative estimate of drug-likeness (QED) is 0.819. The van der Waals surface area contributed by atoms with Crippen molar-refractivity contribution < 1.29 is 9.59 Å². The summed E-state index contributed by atoms with van der Waals surface area (Å²) in [6.45, 7) is 0.356. The summed E-state index contributed by atoms with van der Waals surface area (Å²) in [5.74, 6) is -0.739. The Bertz CT molecular complexity index is 647. The summed E-state index contributed by atoms with van der Waals surface area (Å²) in [6.07, 6.45) is 1.50. The van der Waals surface area contributed by atoms with Crippen LogP contribution in [0.1, 0.15) is 26.4 Å². The van der Waals surface area contributed by atoms with Crippen molar-refractivity contribution in [3.8, 4) is 0 Å². The van der Waals surface area contributed by atoms with Crippen LogP contribution < -0.4 is 10.6 Å². The summed E-state index contributed by atoms with van der Waals surface area (Å²) in [6, 6.07) is 10.3. The number of carbonyl (C=O) groups is 2. The molecule has 0 atom stereocenters. The molecule has 2 N–H and O–H groups in total. The van der Waals surface area contributed by atoms with E-state index in [2.05, 4.69) is 4.98 Å². The second-order valence-corrected chi connectivity index (χ2v) is 4.22. The van der Waals surface area contributed by atoms with Crippen molar-refractivity contribution in [3.05, 3.63) is 59.4 Å². The first kappa shape index (κ1) is 11.6. The van der Waals surface area contributed by atoms with E-state index in [1.807, 2.05) is 6.07 Å². The molecule has 1 aromatic heterocycles. The van der Waals surface area contributed by atoms with Gasteiger partial charge in [0.1, 0.15) is 5.69 Å². The number of carbonyl (C=O) groups excluding carboxylic acids is 2. The predicted octanol–water partition coefficient (Wildman–Crippen LogP) is 1.34. The Balaban J connectivity index is 2.08. The summed E-state index contributed by atoms with van der Waals surface area (Å²) >= 11 is 0. The van der Waals surface area contributed by atoms with Crippen LogP contribution in [0.5, 0.6) is 0 Å². The molecule has 2 amide bonds. The Hall–Kier alpha value is -2.53. The van der Waals surface area contributed by atoms with E-state index in [1.54, 1.807) is 30.3 Å². The van der Waals surface area contributed by atoms with Crippen LogP contribution in [-0.4, -0.2) is 16.8 Å². The van der Waals surface area contributed by atoms with Crippen LogP contribution in [0.3, 0.4) is 0 Å². The van der Waals surface area contributed by atoms with E-state index in [0.717, 1.165) is 10.5 Å². The van der Waals surface area contributed by atoms with Gasteiger partial charge in [0, 0.05) is 12.7 Å². The molecule has 94 valence electrons. The van der Waals surface area contributed by atoms with E-state index in [0.29, 0.717) is 17.8 Å². The summed E-state index contributed by atoms with van der Waals surface area (Å²) in [7, 11) is 0. The zero-order valence-corrected chi connectivity index (χ0v) is 10.0. The molecular formula is C14H11N3O2. The highest BCUT2D eigenvalue weighted by molar-refractivity contribution is 6.33. The van der Waals surface area contributed by atoms with Crippen molar-refractivity contribution in [2.24, 2.45) is 5.73 Å². The third kappa shape index (κ3) is 1.71. The molecule has 0 radical (unpaired) electrons. The van der Waals surface area contributed by atoms with Crippen LogP contribution in [0.4, 0.5) is 5.69 Å². The smallest absolute Gasteiger partial charge is 0.284 e. The number of pyridine rings is 1. The minimum Gasteiger partial charge on any atom is -0.326 e. The molecule has 1 aliphatic rings. The monoisotopic (exact) mass is 253 g/mol. The van der Waals surface area contributed by atoms with E-state index in [4.69, 9.17) is 5.73 Å². The number of benzene rings is 1. The Morgan fingerprint density at radius 2 is 1.95 bits per heavy atom. The zero-order valence-electron chi connectivity index (χ0n) is 10.0. The SMILES string of the molecule is NCc1cccc(N2C(=O)c3cccnc3C2=O)c1. The van der Waals surface area contributed by atoms with Crippen molar-refractivity contribution >= 4 is 17.5 Å². The minimum absolute atomic E-state index is 0.200. The molecule has 1 aliphatic heterocycles. The van der Waals surface area contributed by atoms with Crippen molar-refractivity contribution in [2.75, 3.05) is 4.90 Å². The summed E-state index contributed by atoms with van der Waals surface area (Å²) in [5, 5.41) is 0. The first-order chi connectivity index (χ1) is 9.22. The fourth-order valence-corrected chi connectivity index (χ4v) is 2.12.